The summed E-state index contributed by atoms with van der Waals surface area (Å²) in [6, 6.07) is 48.1. The molecule has 7 aromatic rings. The van der Waals surface area contributed by atoms with Crippen molar-refractivity contribution >= 4 is 38.7 Å². The highest BCUT2D eigenvalue weighted by atomic mass is 31.2. The Morgan fingerprint density at radius 2 is 0.444 bits per heavy atom. The molecule has 270 valence electrons. The van der Waals surface area contributed by atoms with Crippen LogP contribution in [0, 0.1) is 0 Å². The summed E-state index contributed by atoms with van der Waals surface area (Å²) in [6.07, 6.45) is 0. The Morgan fingerprint density at radius 3 is 0.630 bits per heavy atom. The third-order valence-electron chi connectivity index (χ3n) is 9.19. The second kappa shape index (κ2) is 14.7. The van der Waals surface area contributed by atoms with Crippen molar-refractivity contribution in [3.05, 3.63) is 164 Å². The van der Waals surface area contributed by atoms with Crippen LogP contribution in [0.4, 0.5) is 0 Å². The van der Waals surface area contributed by atoms with Crippen molar-refractivity contribution < 1.29 is 43.1 Å². The van der Waals surface area contributed by atoms with E-state index in [1.165, 1.54) is 36.4 Å². The predicted molar refractivity (Wildman–Crippen MR) is 214 cm³/mol. The Labute approximate surface area is 311 Å². The van der Waals surface area contributed by atoms with Gasteiger partial charge in [0, 0.05) is 0 Å². The average Bonchev–Trinajstić information content (AvgIpc) is 3.17. The number of benzene rings is 7. The lowest BCUT2D eigenvalue weighted by Crippen LogP contribution is -2.02. The molecule has 6 N–H and O–H groups in total. The molecule has 0 spiro atoms. The predicted octanol–water partition coefficient (Wildman–Crippen LogP) is 8.10. The van der Waals surface area contributed by atoms with Crippen LogP contribution in [0.5, 0.6) is 0 Å². The minimum Gasteiger partial charge on any atom is -0.321 e. The van der Waals surface area contributed by atoms with E-state index in [-0.39, 0.29) is 15.9 Å². The first-order valence-corrected chi connectivity index (χ1v) is 21.4. The Kier molecular flexibility index (Phi) is 10.1. The molecule has 54 heavy (non-hydrogen) atoms. The monoisotopic (exact) mass is 774 g/mol. The molecular formula is C42H33O9P3. The van der Waals surface area contributed by atoms with E-state index in [4.69, 9.17) is 0 Å². The Balaban J connectivity index is 1.44. The second-order valence-corrected chi connectivity index (χ2v) is 17.5. The Bertz CT molecular complexity index is 2330. The summed E-state index contributed by atoms with van der Waals surface area (Å²) in [7, 11) is -13.3. The molecule has 0 radical (unpaired) electrons. The molecule has 0 fully saturated rings. The highest BCUT2D eigenvalue weighted by Crippen LogP contribution is 2.43. The third kappa shape index (κ3) is 7.92. The lowest BCUT2D eigenvalue weighted by Gasteiger charge is -2.18. The third-order valence-corrected chi connectivity index (χ3v) is 12.1. The fourth-order valence-corrected chi connectivity index (χ4v) is 8.17. The standard InChI is InChI=1S/C42H33O9P3/c43-52(44,45)34-19-13-28(14-20-34)37-7-1-4-10-40(37)31-25-32(41-11-5-2-8-38(41)29-15-21-35(22-16-29)53(46,47)48)27-33(26-31)42-12-6-3-9-39(42)30-17-23-36(24-18-30)54(49,50)51/h1-27H,(H2,43,44,45)(H2,46,47,48)(H2,49,50,51). The van der Waals surface area contributed by atoms with Crippen LogP contribution in [0.1, 0.15) is 0 Å². The molecule has 0 saturated heterocycles. The van der Waals surface area contributed by atoms with Gasteiger partial charge in [0.1, 0.15) is 0 Å². The topological polar surface area (TPSA) is 173 Å². The van der Waals surface area contributed by atoms with Gasteiger partial charge in [-0.2, -0.15) is 0 Å². The summed E-state index contributed by atoms with van der Waals surface area (Å²) < 4.78 is 35.8. The van der Waals surface area contributed by atoms with Crippen LogP contribution in [0.25, 0.3) is 66.8 Å². The van der Waals surface area contributed by atoms with Crippen LogP contribution in [0.15, 0.2) is 164 Å². The summed E-state index contributed by atoms with van der Waals surface area (Å²) >= 11 is 0. The minimum absolute atomic E-state index is 0.0797. The maximum Gasteiger partial charge on any atom is 0.356 e. The Hall–Kier alpha value is -5.01. The number of hydrogen-bond donors (Lipinski definition) is 6. The van der Waals surface area contributed by atoms with E-state index >= 15 is 0 Å². The van der Waals surface area contributed by atoms with Gasteiger partial charge in [0.05, 0.1) is 15.9 Å². The van der Waals surface area contributed by atoms with Gasteiger partial charge >= 0.3 is 22.8 Å². The largest absolute Gasteiger partial charge is 0.356 e. The minimum atomic E-state index is -4.44. The molecule has 0 amide bonds. The molecule has 12 heteroatoms. The van der Waals surface area contributed by atoms with E-state index in [9.17, 15) is 43.1 Å². The lowest BCUT2D eigenvalue weighted by atomic mass is 9.86. The maximum atomic E-state index is 11.9. The van der Waals surface area contributed by atoms with Crippen LogP contribution in [0.2, 0.25) is 0 Å². The van der Waals surface area contributed by atoms with Crippen LogP contribution < -0.4 is 15.9 Å². The van der Waals surface area contributed by atoms with Crippen molar-refractivity contribution in [2.75, 3.05) is 0 Å². The van der Waals surface area contributed by atoms with E-state index < -0.39 is 22.8 Å². The zero-order chi connectivity index (χ0) is 38.3. The van der Waals surface area contributed by atoms with Gasteiger partial charge in [0.2, 0.25) is 0 Å². The molecule has 0 aliphatic rings. The average molecular weight is 775 g/mol. The summed E-state index contributed by atoms with van der Waals surface area (Å²) in [5.74, 6) is 0. The van der Waals surface area contributed by atoms with Gasteiger partial charge in [-0.3, -0.25) is 13.7 Å². The SMILES string of the molecule is O=P(O)(O)c1ccc(-c2ccccc2-c2cc(-c3ccccc3-c3ccc(P(=O)(O)O)cc3)cc(-c3ccccc3-c3ccc(P(=O)(O)O)cc3)c2)cc1. The molecule has 7 rings (SSSR count). The van der Waals surface area contributed by atoms with Crippen molar-refractivity contribution in [3.8, 4) is 66.8 Å². The van der Waals surface area contributed by atoms with Crippen molar-refractivity contribution in [1.29, 1.82) is 0 Å². The number of rotatable bonds is 9. The summed E-state index contributed by atoms with van der Waals surface area (Å²) in [5, 5.41) is -0.239. The van der Waals surface area contributed by atoms with Gasteiger partial charge in [-0.25, -0.2) is 0 Å². The van der Waals surface area contributed by atoms with Crippen molar-refractivity contribution in [1.82, 2.24) is 0 Å². The van der Waals surface area contributed by atoms with E-state index in [1.54, 1.807) is 36.4 Å². The van der Waals surface area contributed by atoms with E-state index in [2.05, 4.69) is 18.2 Å². The molecule has 0 bridgehead atoms. The van der Waals surface area contributed by atoms with Crippen LogP contribution >= 0.6 is 22.8 Å². The molecule has 0 aromatic heterocycles. The smallest absolute Gasteiger partial charge is 0.321 e. The van der Waals surface area contributed by atoms with Gasteiger partial charge in [-0.15, -0.1) is 0 Å². The molecule has 7 aromatic carbocycles. The van der Waals surface area contributed by atoms with Crippen LogP contribution in [-0.4, -0.2) is 29.4 Å². The van der Waals surface area contributed by atoms with Crippen LogP contribution in [0.3, 0.4) is 0 Å². The van der Waals surface area contributed by atoms with Crippen molar-refractivity contribution in [2.24, 2.45) is 0 Å². The van der Waals surface area contributed by atoms with E-state index in [0.29, 0.717) is 0 Å². The zero-order valence-electron chi connectivity index (χ0n) is 28.3. The summed E-state index contributed by atoms with van der Waals surface area (Å²) in [5.41, 5.74) is 9.87. The highest BCUT2D eigenvalue weighted by Gasteiger charge is 2.21. The van der Waals surface area contributed by atoms with Gasteiger partial charge in [0.25, 0.3) is 0 Å². The summed E-state index contributed by atoms with van der Waals surface area (Å²) in [4.78, 5) is 58.3. The van der Waals surface area contributed by atoms with Gasteiger partial charge < -0.3 is 29.4 Å². The molecule has 0 unspecified atom stereocenters. The fourth-order valence-electron chi connectivity index (χ4n) is 6.56. The second-order valence-electron chi connectivity index (χ2n) is 12.7. The van der Waals surface area contributed by atoms with E-state index in [1.807, 2.05) is 72.8 Å². The first-order valence-electron chi connectivity index (χ1n) is 16.6. The molecule has 9 nitrogen and oxygen atoms in total. The van der Waals surface area contributed by atoms with Crippen molar-refractivity contribution in [3.63, 3.8) is 0 Å². The number of hydrogen-bond acceptors (Lipinski definition) is 3. The molecule has 0 aliphatic carbocycles. The zero-order valence-corrected chi connectivity index (χ0v) is 31.0. The fraction of sp³-hybridized carbons (Fsp3) is 0. The molecular weight excluding hydrogens is 741 g/mol. The molecule has 0 heterocycles. The maximum absolute atomic E-state index is 11.9. The first-order chi connectivity index (χ1) is 25.7. The van der Waals surface area contributed by atoms with Gasteiger partial charge in [-0.1, -0.05) is 109 Å². The lowest BCUT2D eigenvalue weighted by molar-refractivity contribution is 0.385. The summed E-state index contributed by atoms with van der Waals surface area (Å²) in [6.45, 7) is 0. The van der Waals surface area contributed by atoms with Crippen molar-refractivity contribution in [2.45, 2.75) is 0 Å². The first kappa shape index (κ1) is 37.3. The molecule has 0 aliphatic heterocycles. The Morgan fingerprint density at radius 1 is 0.259 bits per heavy atom. The van der Waals surface area contributed by atoms with Gasteiger partial charge in [-0.05, 0) is 121 Å². The quantitative estimate of drug-likeness (QED) is 0.0793. The van der Waals surface area contributed by atoms with Gasteiger partial charge in [0.15, 0.2) is 0 Å². The highest BCUT2D eigenvalue weighted by molar-refractivity contribution is 7.60. The van der Waals surface area contributed by atoms with Crippen LogP contribution in [-0.2, 0) is 13.7 Å². The molecule has 0 saturated carbocycles. The normalized spacial score (nSPS) is 12.1. The molecule has 0 atom stereocenters. The van der Waals surface area contributed by atoms with E-state index in [0.717, 1.165) is 66.8 Å².